The van der Waals surface area contributed by atoms with Crippen LogP contribution in [0.1, 0.15) is 15.9 Å². The van der Waals surface area contributed by atoms with Crippen LogP contribution in [0.5, 0.6) is 0 Å². The first-order chi connectivity index (χ1) is 10.4. The Morgan fingerprint density at radius 2 is 1.82 bits per heavy atom. The number of carbonyl (C=O) groups excluding carboxylic acids is 1. The molecular formula is C16H16ClNO3S. The molecule has 0 aliphatic rings. The van der Waals surface area contributed by atoms with Crippen LogP contribution in [-0.2, 0) is 16.3 Å². The van der Waals surface area contributed by atoms with Crippen LogP contribution in [0, 0.1) is 0 Å². The third kappa shape index (κ3) is 4.32. The largest absolute Gasteiger partial charge is 0.352 e. The third-order valence-electron chi connectivity index (χ3n) is 3.13. The molecule has 1 amide bonds. The summed E-state index contributed by atoms with van der Waals surface area (Å²) < 4.78 is 23.2. The minimum absolute atomic E-state index is 0.0372. The molecule has 0 atom stereocenters. The van der Waals surface area contributed by atoms with Crippen molar-refractivity contribution in [2.45, 2.75) is 11.3 Å². The van der Waals surface area contributed by atoms with Crippen LogP contribution >= 0.6 is 11.6 Å². The molecule has 0 aromatic heterocycles. The zero-order valence-electron chi connectivity index (χ0n) is 12.0. The lowest BCUT2D eigenvalue weighted by atomic mass is 10.1. The summed E-state index contributed by atoms with van der Waals surface area (Å²) in [6.07, 6.45) is 1.77. The molecule has 22 heavy (non-hydrogen) atoms. The second-order valence-electron chi connectivity index (χ2n) is 4.91. The Morgan fingerprint density at radius 3 is 2.45 bits per heavy atom. The number of sulfone groups is 1. The zero-order valence-corrected chi connectivity index (χ0v) is 13.6. The van der Waals surface area contributed by atoms with Gasteiger partial charge in [0, 0.05) is 18.4 Å². The van der Waals surface area contributed by atoms with E-state index >= 15 is 0 Å². The molecular weight excluding hydrogens is 322 g/mol. The van der Waals surface area contributed by atoms with Gasteiger partial charge in [-0.15, -0.1) is 0 Å². The second-order valence-corrected chi connectivity index (χ2v) is 7.30. The molecule has 0 bridgehead atoms. The molecule has 0 fully saturated rings. The van der Waals surface area contributed by atoms with Gasteiger partial charge in [0.15, 0.2) is 9.84 Å². The van der Waals surface area contributed by atoms with E-state index in [2.05, 4.69) is 5.32 Å². The molecule has 0 saturated heterocycles. The molecule has 116 valence electrons. The van der Waals surface area contributed by atoms with Crippen LogP contribution in [0.4, 0.5) is 0 Å². The van der Waals surface area contributed by atoms with E-state index in [9.17, 15) is 13.2 Å². The summed E-state index contributed by atoms with van der Waals surface area (Å²) >= 11 is 5.86. The smallest absolute Gasteiger partial charge is 0.251 e. The summed E-state index contributed by atoms with van der Waals surface area (Å²) in [6, 6.07) is 14.0. The number of benzene rings is 2. The van der Waals surface area contributed by atoms with Gasteiger partial charge in [-0.1, -0.05) is 41.9 Å². The normalized spacial score (nSPS) is 11.2. The van der Waals surface area contributed by atoms with Gasteiger partial charge in [-0.3, -0.25) is 4.79 Å². The molecule has 2 rings (SSSR count). The van der Waals surface area contributed by atoms with Crippen molar-refractivity contribution >= 4 is 27.3 Å². The molecule has 1 N–H and O–H groups in total. The highest BCUT2D eigenvalue weighted by molar-refractivity contribution is 7.90. The summed E-state index contributed by atoms with van der Waals surface area (Å²) in [5.74, 6) is -0.322. The van der Waals surface area contributed by atoms with Crippen LogP contribution in [0.3, 0.4) is 0 Å². The topological polar surface area (TPSA) is 63.2 Å². The minimum atomic E-state index is -3.46. The van der Waals surface area contributed by atoms with Crippen molar-refractivity contribution in [3.05, 3.63) is 64.7 Å². The van der Waals surface area contributed by atoms with Crippen molar-refractivity contribution < 1.29 is 13.2 Å². The van der Waals surface area contributed by atoms with Gasteiger partial charge in [0.2, 0.25) is 0 Å². The Kier molecular flexibility index (Phi) is 5.21. The molecule has 0 radical (unpaired) electrons. The summed E-state index contributed by atoms with van der Waals surface area (Å²) in [5, 5.41) is 2.88. The minimum Gasteiger partial charge on any atom is -0.352 e. The van der Waals surface area contributed by atoms with E-state index in [0.29, 0.717) is 13.0 Å². The number of hydrogen-bond acceptors (Lipinski definition) is 3. The van der Waals surface area contributed by atoms with Crippen LogP contribution in [0.15, 0.2) is 53.4 Å². The molecule has 2 aromatic rings. The van der Waals surface area contributed by atoms with E-state index in [0.717, 1.165) is 11.8 Å². The molecule has 0 aliphatic carbocycles. The lowest BCUT2D eigenvalue weighted by molar-refractivity contribution is 0.0954. The van der Waals surface area contributed by atoms with E-state index in [1.807, 2.05) is 30.3 Å². The summed E-state index contributed by atoms with van der Waals surface area (Å²) in [4.78, 5) is 12.0. The van der Waals surface area contributed by atoms with Gasteiger partial charge in [-0.2, -0.15) is 0 Å². The lowest BCUT2D eigenvalue weighted by Crippen LogP contribution is -2.25. The van der Waals surface area contributed by atoms with Crippen molar-refractivity contribution in [3.63, 3.8) is 0 Å². The molecule has 0 unspecified atom stereocenters. The van der Waals surface area contributed by atoms with Gasteiger partial charge in [0.1, 0.15) is 0 Å². The fraction of sp³-hybridized carbons (Fsp3) is 0.188. The van der Waals surface area contributed by atoms with Gasteiger partial charge >= 0.3 is 0 Å². The maximum absolute atomic E-state index is 12.1. The predicted molar refractivity (Wildman–Crippen MR) is 87.0 cm³/mol. The fourth-order valence-corrected chi connectivity index (χ4v) is 3.30. The maximum Gasteiger partial charge on any atom is 0.251 e. The molecule has 0 saturated carbocycles. The number of hydrogen-bond donors (Lipinski definition) is 1. The average molecular weight is 338 g/mol. The van der Waals surface area contributed by atoms with Crippen molar-refractivity contribution in [1.29, 1.82) is 0 Å². The van der Waals surface area contributed by atoms with Crippen LogP contribution in [-0.4, -0.2) is 27.1 Å². The average Bonchev–Trinajstić information content (AvgIpc) is 2.47. The van der Waals surface area contributed by atoms with Gasteiger partial charge in [-0.25, -0.2) is 8.42 Å². The van der Waals surface area contributed by atoms with E-state index in [1.54, 1.807) is 0 Å². The van der Waals surface area contributed by atoms with E-state index < -0.39 is 9.84 Å². The zero-order chi connectivity index (χ0) is 16.2. The number of nitrogens with one attached hydrogen (secondary N) is 1. The molecule has 4 nitrogen and oxygen atoms in total. The maximum atomic E-state index is 12.1. The molecule has 0 aliphatic heterocycles. The first kappa shape index (κ1) is 16.5. The second kappa shape index (κ2) is 6.94. The first-order valence-electron chi connectivity index (χ1n) is 6.69. The Labute approximate surface area is 135 Å². The standard InChI is InChI=1S/C16H16ClNO3S/c1-22(20,21)15-11-13(7-8-14(15)17)16(19)18-10-9-12-5-3-2-4-6-12/h2-8,11H,9-10H2,1H3,(H,18,19). The Bertz CT molecular complexity index is 773. The van der Waals surface area contributed by atoms with E-state index in [4.69, 9.17) is 11.6 Å². The van der Waals surface area contributed by atoms with E-state index in [1.165, 1.54) is 18.2 Å². The third-order valence-corrected chi connectivity index (χ3v) is 4.71. The number of carbonyl (C=O) groups is 1. The molecule has 2 aromatic carbocycles. The number of halogens is 1. The van der Waals surface area contributed by atoms with Crippen LogP contribution in [0.25, 0.3) is 0 Å². The van der Waals surface area contributed by atoms with Gasteiger partial charge in [0.05, 0.1) is 9.92 Å². The summed E-state index contributed by atoms with van der Waals surface area (Å²) in [6.45, 7) is 0.472. The summed E-state index contributed by atoms with van der Waals surface area (Å²) in [7, 11) is -3.46. The number of rotatable bonds is 5. The molecule has 0 spiro atoms. The molecule has 6 heteroatoms. The van der Waals surface area contributed by atoms with Gasteiger partial charge in [-0.05, 0) is 30.2 Å². The highest BCUT2D eigenvalue weighted by atomic mass is 35.5. The highest BCUT2D eigenvalue weighted by Crippen LogP contribution is 2.22. The Hall–Kier alpha value is -1.85. The molecule has 0 heterocycles. The lowest BCUT2D eigenvalue weighted by Gasteiger charge is -2.08. The van der Waals surface area contributed by atoms with E-state index in [-0.39, 0.29) is 21.4 Å². The van der Waals surface area contributed by atoms with Gasteiger partial charge in [0.25, 0.3) is 5.91 Å². The Balaban J connectivity index is 2.04. The Morgan fingerprint density at radius 1 is 1.14 bits per heavy atom. The van der Waals surface area contributed by atoms with Crippen LogP contribution in [0.2, 0.25) is 5.02 Å². The quantitative estimate of drug-likeness (QED) is 0.912. The first-order valence-corrected chi connectivity index (χ1v) is 8.96. The monoisotopic (exact) mass is 337 g/mol. The summed E-state index contributed by atoms with van der Waals surface area (Å²) in [5.41, 5.74) is 1.40. The highest BCUT2D eigenvalue weighted by Gasteiger charge is 2.15. The van der Waals surface area contributed by atoms with Crippen LogP contribution < -0.4 is 5.32 Å². The van der Waals surface area contributed by atoms with Crippen molar-refractivity contribution in [2.24, 2.45) is 0 Å². The predicted octanol–water partition coefficient (Wildman–Crippen LogP) is 2.72. The van der Waals surface area contributed by atoms with Gasteiger partial charge < -0.3 is 5.32 Å². The van der Waals surface area contributed by atoms with Crippen molar-refractivity contribution in [1.82, 2.24) is 5.32 Å². The van der Waals surface area contributed by atoms with Crippen molar-refractivity contribution in [3.8, 4) is 0 Å². The SMILES string of the molecule is CS(=O)(=O)c1cc(C(=O)NCCc2ccccc2)ccc1Cl. The van der Waals surface area contributed by atoms with Crippen molar-refractivity contribution in [2.75, 3.05) is 12.8 Å². The fourth-order valence-electron chi connectivity index (χ4n) is 2.00. The number of amides is 1.